The zero-order chi connectivity index (χ0) is 20.0. The molecule has 2 bridgehead atoms. The highest BCUT2D eigenvalue weighted by molar-refractivity contribution is 5.30. The first kappa shape index (κ1) is 19.0. The summed E-state index contributed by atoms with van der Waals surface area (Å²) in [4.78, 5) is 26.5. The average Bonchev–Trinajstić information content (AvgIpc) is 2.94. The number of para-hydroxylation sites is 1. The van der Waals surface area contributed by atoms with Gasteiger partial charge in [0.2, 0.25) is 0 Å². The largest absolute Gasteiger partial charge is 0.352 e. The first-order valence-electron chi connectivity index (χ1n) is 10.5. The van der Waals surface area contributed by atoms with Crippen LogP contribution in [0, 0.1) is 17.8 Å². The highest BCUT2D eigenvalue weighted by Crippen LogP contribution is 2.50. The fourth-order valence-electron chi connectivity index (χ4n) is 5.45. The molecule has 0 N–H and O–H groups in total. The standard InChI is InChI=1S/C23H31N3O2/c1-15(2)9-8-10-16(3)20-14-19-13-17(4)21(20)26-23(28)24(22(27)25(19)26)18-11-6-5-7-12-18/h5-7,9,11-12,16-17,19-21H,8,10,13-14H2,1-4H3/t16-,17?,19-,20-,21+/m1/s1. The molecule has 1 saturated carbocycles. The van der Waals surface area contributed by atoms with Crippen LogP contribution in [0.1, 0.15) is 65.5 Å². The highest BCUT2D eigenvalue weighted by Gasteiger charge is 2.48. The predicted octanol–water partition coefficient (Wildman–Crippen LogP) is 4.33. The fourth-order valence-corrected chi connectivity index (χ4v) is 5.45. The zero-order valence-electron chi connectivity index (χ0n) is 17.3. The lowest BCUT2D eigenvalue weighted by atomic mass is 9.68. The van der Waals surface area contributed by atoms with Crippen LogP contribution in [-0.4, -0.2) is 13.9 Å². The molecule has 2 aliphatic heterocycles. The maximum atomic E-state index is 13.3. The van der Waals surface area contributed by atoms with Crippen molar-refractivity contribution in [2.75, 3.05) is 0 Å². The Hall–Kier alpha value is -2.30. The topological polar surface area (TPSA) is 48.9 Å². The Balaban J connectivity index is 1.74. The normalized spacial score (nSPS) is 26.7. The van der Waals surface area contributed by atoms with Crippen LogP contribution >= 0.6 is 0 Å². The van der Waals surface area contributed by atoms with E-state index in [2.05, 4.69) is 33.8 Å². The van der Waals surface area contributed by atoms with Gasteiger partial charge in [0.1, 0.15) is 0 Å². The van der Waals surface area contributed by atoms with Gasteiger partial charge in [0.15, 0.2) is 0 Å². The molecule has 2 aromatic rings. The van der Waals surface area contributed by atoms with Crippen molar-refractivity contribution in [1.82, 2.24) is 13.9 Å². The smallest absolute Gasteiger partial charge is 0.245 e. The van der Waals surface area contributed by atoms with E-state index in [1.165, 1.54) is 10.1 Å². The van der Waals surface area contributed by atoms with Gasteiger partial charge in [-0.25, -0.2) is 23.5 Å². The summed E-state index contributed by atoms with van der Waals surface area (Å²) in [5.41, 5.74) is 1.65. The van der Waals surface area contributed by atoms with E-state index in [0.29, 0.717) is 23.4 Å². The minimum atomic E-state index is -0.186. The van der Waals surface area contributed by atoms with Gasteiger partial charge >= 0.3 is 11.4 Å². The second-order valence-corrected chi connectivity index (χ2v) is 9.02. The predicted molar refractivity (Wildman–Crippen MR) is 112 cm³/mol. The zero-order valence-corrected chi connectivity index (χ0v) is 17.3. The van der Waals surface area contributed by atoms with Gasteiger partial charge in [0.05, 0.1) is 17.8 Å². The summed E-state index contributed by atoms with van der Waals surface area (Å²) >= 11 is 0. The average molecular weight is 382 g/mol. The molecule has 1 unspecified atom stereocenters. The van der Waals surface area contributed by atoms with Crippen molar-refractivity contribution in [1.29, 1.82) is 0 Å². The van der Waals surface area contributed by atoms with Crippen molar-refractivity contribution >= 4 is 0 Å². The van der Waals surface area contributed by atoms with Crippen molar-refractivity contribution in [2.45, 2.75) is 65.5 Å². The Morgan fingerprint density at radius 2 is 1.79 bits per heavy atom. The van der Waals surface area contributed by atoms with E-state index in [9.17, 15) is 9.59 Å². The third-order valence-electron chi connectivity index (χ3n) is 6.76. The van der Waals surface area contributed by atoms with Crippen LogP contribution in [0.4, 0.5) is 0 Å². The molecule has 0 radical (unpaired) electrons. The molecule has 3 aliphatic rings. The van der Waals surface area contributed by atoms with E-state index in [0.717, 1.165) is 25.7 Å². The third kappa shape index (κ3) is 3.01. The Morgan fingerprint density at radius 1 is 1.11 bits per heavy atom. The lowest BCUT2D eigenvalue weighted by molar-refractivity contribution is 0.00134. The summed E-state index contributed by atoms with van der Waals surface area (Å²) in [5.74, 6) is 1.39. The molecule has 28 heavy (non-hydrogen) atoms. The van der Waals surface area contributed by atoms with E-state index in [-0.39, 0.29) is 23.5 Å². The van der Waals surface area contributed by atoms with E-state index in [1.807, 2.05) is 30.3 Å². The molecule has 5 heteroatoms. The number of benzene rings is 1. The van der Waals surface area contributed by atoms with Gasteiger partial charge in [-0.05, 0) is 69.4 Å². The summed E-state index contributed by atoms with van der Waals surface area (Å²) < 4.78 is 4.92. The van der Waals surface area contributed by atoms with Crippen LogP contribution in [0.5, 0.6) is 0 Å². The highest BCUT2D eigenvalue weighted by atomic mass is 16.2. The van der Waals surface area contributed by atoms with Gasteiger partial charge in [-0.15, -0.1) is 0 Å². The lowest BCUT2D eigenvalue weighted by Crippen LogP contribution is -2.51. The minimum absolute atomic E-state index is 0.108. The molecule has 3 heterocycles. The molecule has 0 amide bonds. The van der Waals surface area contributed by atoms with Gasteiger partial charge in [-0.1, -0.05) is 43.7 Å². The third-order valence-corrected chi connectivity index (χ3v) is 6.76. The van der Waals surface area contributed by atoms with Gasteiger partial charge in [-0.3, -0.25) is 0 Å². The minimum Gasteiger partial charge on any atom is -0.245 e. The van der Waals surface area contributed by atoms with E-state index >= 15 is 0 Å². The first-order chi connectivity index (χ1) is 13.4. The first-order valence-corrected chi connectivity index (χ1v) is 10.5. The van der Waals surface area contributed by atoms with Crippen LogP contribution in [-0.2, 0) is 0 Å². The van der Waals surface area contributed by atoms with E-state index in [1.54, 1.807) is 9.36 Å². The van der Waals surface area contributed by atoms with E-state index < -0.39 is 0 Å². The molecular formula is C23H31N3O2. The number of nitrogens with zero attached hydrogens (tertiary/aromatic N) is 3. The molecule has 5 nitrogen and oxygen atoms in total. The van der Waals surface area contributed by atoms with Crippen LogP contribution in [0.2, 0.25) is 0 Å². The molecule has 5 rings (SSSR count). The Morgan fingerprint density at radius 3 is 2.46 bits per heavy atom. The van der Waals surface area contributed by atoms with Gasteiger partial charge in [0, 0.05) is 0 Å². The molecule has 0 saturated heterocycles. The number of aromatic nitrogens is 3. The van der Waals surface area contributed by atoms with Crippen molar-refractivity contribution in [3.8, 4) is 5.69 Å². The quantitative estimate of drug-likeness (QED) is 0.724. The second-order valence-electron chi connectivity index (χ2n) is 9.02. The summed E-state index contributed by atoms with van der Waals surface area (Å²) in [6, 6.07) is 9.54. The van der Waals surface area contributed by atoms with Crippen LogP contribution in [0.3, 0.4) is 0 Å². The number of allylic oxidation sites excluding steroid dienone is 2. The molecule has 5 atom stereocenters. The number of rotatable bonds is 5. The van der Waals surface area contributed by atoms with Crippen LogP contribution < -0.4 is 11.4 Å². The van der Waals surface area contributed by atoms with E-state index in [4.69, 9.17) is 0 Å². The van der Waals surface area contributed by atoms with Gasteiger partial charge in [0.25, 0.3) is 0 Å². The maximum Gasteiger partial charge on any atom is 0.352 e. The number of hydrogen-bond acceptors (Lipinski definition) is 2. The summed E-state index contributed by atoms with van der Waals surface area (Å²) in [7, 11) is 0. The molecular weight excluding hydrogens is 350 g/mol. The molecule has 1 fully saturated rings. The van der Waals surface area contributed by atoms with Gasteiger partial charge in [-0.2, -0.15) is 0 Å². The molecule has 1 aromatic heterocycles. The summed E-state index contributed by atoms with van der Waals surface area (Å²) in [6.07, 6.45) is 6.50. The Kier molecular flexibility index (Phi) is 4.94. The van der Waals surface area contributed by atoms with Crippen molar-refractivity contribution in [3.05, 3.63) is 62.9 Å². The maximum absolute atomic E-state index is 13.3. The Bertz CT molecular complexity index is 991. The molecule has 150 valence electrons. The van der Waals surface area contributed by atoms with Crippen molar-refractivity contribution in [3.63, 3.8) is 0 Å². The van der Waals surface area contributed by atoms with Crippen LogP contribution in [0.25, 0.3) is 5.69 Å². The van der Waals surface area contributed by atoms with Crippen LogP contribution in [0.15, 0.2) is 51.6 Å². The molecule has 1 aromatic carbocycles. The SMILES string of the molecule is CC(C)=CCC[C@@H](C)[C@H]1C[C@H]2CC(C)[C@@H]1n1c(=O)n(-c3ccccc3)c(=O)n12. The molecule has 0 spiro atoms. The van der Waals surface area contributed by atoms with Gasteiger partial charge < -0.3 is 0 Å². The van der Waals surface area contributed by atoms with Crippen molar-refractivity contribution < 1.29 is 0 Å². The summed E-state index contributed by atoms with van der Waals surface area (Å²) in [6.45, 7) is 8.84. The molecule has 1 aliphatic carbocycles. The monoisotopic (exact) mass is 381 g/mol. The lowest BCUT2D eigenvalue weighted by Gasteiger charge is -2.49. The fraction of sp³-hybridized carbons (Fsp3) is 0.565. The number of hydrogen-bond donors (Lipinski definition) is 0. The second kappa shape index (κ2) is 7.26. The number of fused-ring (bicyclic) bond motifs is 2. The van der Waals surface area contributed by atoms with Crippen molar-refractivity contribution in [2.24, 2.45) is 17.8 Å². The summed E-state index contributed by atoms with van der Waals surface area (Å²) in [5, 5.41) is 0. The Labute approximate surface area is 166 Å².